The van der Waals surface area contributed by atoms with Gasteiger partial charge in [-0.2, -0.15) is 13.2 Å². The molecule has 3 rings (SSSR count). The minimum Gasteiger partial charge on any atom is -0.370 e. The molecule has 0 atom stereocenters. The zero-order valence-electron chi connectivity index (χ0n) is 14.7. The van der Waals surface area contributed by atoms with Crippen LogP contribution in [0.25, 0.3) is 6.08 Å². The second-order valence-electron chi connectivity index (χ2n) is 6.41. The average Bonchev–Trinajstić information content (AvgIpc) is 3.14. The highest BCUT2D eigenvalue weighted by molar-refractivity contribution is 6.35. The van der Waals surface area contributed by atoms with Crippen molar-refractivity contribution in [2.75, 3.05) is 23.3 Å². The lowest BCUT2D eigenvalue weighted by Crippen LogP contribution is -2.21. The van der Waals surface area contributed by atoms with Crippen LogP contribution in [0.1, 0.15) is 24.0 Å². The lowest BCUT2D eigenvalue weighted by Gasteiger charge is -2.22. The van der Waals surface area contributed by atoms with Gasteiger partial charge in [-0.1, -0.05) is 29.3 Å². The highest BCUT2D eigenvalue weighted by atomic mass is 35.5. The SMILES string of the molecule is O=C(C=Cc1ccc(Cl)cc1Cl)Nc1cc(C(F)(F)F)ccc1N1CCCC1. The third-order valence-corrected chi connectivity index (χ3v) is 4.97. The van der Waals surface area contributed by atoms with E-state index in [1.807, 2.05) is 4.90 Å². The summed E-state index contributed by atoms with van der Waals surface area (Å²) in [5, 5.41) is 3.40. The van der Waals surface area contributed by atoms with Gasteiger partial charge in [-0.25, -0.2) is 0 Å². The zero-order chi connectivity index (χ0) is 20.3. The normalized spacial score (nSPS) is 14.7. The van der Waals surface area contributed by atoms with E-state index in [-0.39, 0.29) is 5.69 Å². The fraction of sp³-hybridized carbons (Fsp3) is 0.250. The van der Waals surface area contributed by atoms with Crippen molar-refractivity contribution in [3.63, 3.8) is 0 Å². The van der Waals surface area contributed by atoms with E-state index < -0.39 is 17.6 Å². The second-order valence-corrected chi connectivity index (χ2v) is 7.26. The molecule has 1 saturated heterocycles. The summed E-state index contributed by atoms with van der Waals surface area (Å²) >= 11 is 11.9. The number of benzene rings is 2. The average molecular weight is 429 g/mol. The first-order valence-electron chi connectivity index (χ1n) is 8.64. The molecule has 0 aliphatic carbocycles. The van der Waals surface area contributed by atoms with Crippen LogP contribution in [-0.4, -0.2) is 19.0 Å². The number of anilines is 2. The van der Waals surface area contributed by atoms with E-state index in [0.717, 1.165) is 38.1 Å². The predicted molar refractivity (Wildman–Crippen MR) is 107 cm³/mol. The molecule has 1 aliphatic heterocycles. The Hall–Kier alpha value is -2.18. The Morgan fingerprint density at radius 2 is 1.79 bits per heavy atom. The molecule has 1 heterocycles. The van der Waals surface area contributed by atoms with Crippen LogP contribution in [0.3, 0.4) is 0 Å². The Labute approximate surface area is 170 Å². The number of halogens is 5. The Bertz CT molecular complexity index is 907. The molecule has 0 aromatic heterocycles. The minimum absolute atomic E-state index is 0.133. The first-order valence-corrected chi connectivity index (χ1v) is 9.40. The van der Waals surface area contributed by atoms with Crippen molar-refractivity contribution >= 4 is 46.6 Å². The molecule has 1 fully saturated rings. The van der Waals surface area contributed by atoms with E-state index in [0.29, 0.717) is 21.3 Å². The predicted octanol–water partition coefficient (Wildman–Crippen LogP) is 6.26. The van der Waals surface area contributed by atoms with Crippen molar-refractivity contribution in [1.82, 2.24) is 0 Å². The summed E-state index contributed by atoms with van der Waals surface area (Å²) in [4.78, 5) is 14.3. The summed E-state index contributed by atoms with van der Waals surface area (Å²) in [7, 11) is 0. The van der Waals surface area contributed by atoms with Gasteiger partial charge in [-0.3, -0.25) is 4.79 Å². The van der Waals surface area contributed by atoms with Crippen LogP contribution >= 0.6 is 23.2 Å². The van der Waals surface area contributed by atoms with Crippen LogP contribution < -0.4 is 10.2 Å². The molecule has 1 N–H and O–H groups in total. The van der Waals surface area contributed by atoms with E-state index in [1.165, 1.54) is 18.2 Å². The van der Waals surface area contributed by atoms with E-state index in [4.69, 9.17) is 23.2 Å². The molecule has 148 valence electrons. The van der Waals surface area contributed by atoms with Gasteiger partial charge in [0.2, 0.25) is 5.91 Å². The molecule has 8 heteroatoms. The number of amides is 1. The Kier molecular flexibility index (Phi) is 6.20. The summed E-state index contributed by atoms with van der Waals surface area (Å²) in [6.07, 6.45) is 0.142. The maximum Gasteiger partial charge on any atom is 0.416 e. The zero-order valence-corrected chi connectivity index (χ0v) is 16.2. The molecule has 0 bridgehead atoms. The van der Waals surface area contributed by atoms with Gasteiger partial charge in [0.25, 0.3) is 0 Å². The Morgan fingerprint density at radius 3 is 2.43 bits per heavy atom. The molecule has 0 saturated carbocycles. The number of carbonyl (C=O) groups excluding carboxylic acids is 1. The smallest absolute Gasteiger partial charge is 0.370 e. The first-order chi connectivity index (χ1) is 13.2. The Morgan fingerprint density at radius 1 is 1.07 bits per heavy atom. The molecule has 0 spiro atoms. The minimum atomic E-state index is -4.49. The van der Waals surface area contributed by atoms with Gasteiger partial charge in [-0.05, 0) is 54.8 Å². The summed E-state index contributed by atoms with van der Waals surface area (Å²) < 4.78 is 39.3. The van der Waals surface area contributed by atoms with Gasteiger partial charge in [0, 0.05) is 29.2 Å². The molecule has 0 radical (unpaired) electrons. The van der Waals surface area contributed by atoms with Gasteiger partial charge < -0.3 is 10.2 Å². The quantitative estimate of drug-likeness (QED) is 0.582. The second kappa shape index (κ2) is 8.45. The van der Waals surface area contributed by atoms with Crippen molar-refractivity contribution in [2.45, 2.75) is 19.0 Å². The summed E-state index contributed by atoms with van der Waals surface area (Å²) in [6.45, 7) is 1.48. The van der Waals surface area contributed by atoms with Crippen molar-refractivity contribution in [1.29, 1.82) is 0 Å². The van der Waals surface area contributed by atoms with Crippen molar-refractivity contribution in [3.05, 3.63) is 63.6 Å². The number of hydrogen-bond donors (Lipinski definition) is 1. The molecule has 1 amide bonds. The summed E-state index contributed by atoms with van der Waals surface area (Å²) in [5.41, 5.74) is 0.478. The van der Waals surface area contributed by atoms with Crippen molar-refractivity contribution < 1.29 is 18.0 Å². The van der Waals surface area contributed by atoms with E-state index >= 15 is 0 Å². The molecule has 2 aromatic carbocycles. The first kappa shape index (κ1) is 20.6. The van der Waals surface area contributed by atoms with Crippen LogP contribution in [0.4, 0.5) is 24.5 Å². The molecule has 2 aromatic rings. The highest BCUT2D eigenvalue weighted by Gasteiger charge is 2.31. The van der Waals surface area contributed by atoms with Gasteiger partial charge >= 0.3 is 6.18 Å². The molecular weight excluding hydrogens is 412 g/mol. The number of nitrogens with zero attached hydrogens (tertiary/aromatic N) is 1. The van der Waals surface area contributed by atoms with Crippen LogP contribution in [0.5, 0.6) is 0 Å². The summed E-state index contributed by atoms with van der Waals surface area (Å²) in [6, 6.07) is 8.22. The number of carbonyl (C=O) groups is 1. The lowest BCUT2D eigenvalue weighted by molar-refractivity contribution is -0.137. The van der Waals surface area contributed by atoms with Gasteiger partial charge in [0.15, 0.2) is 0 Å². The maximum absolute atomic E-state index is 13.1. The van der Waals surface area contributed by atoms with Crippen LogP contribution in [-0.2, 0) is 11.0 Å². The molecule has 0 unspecified atom stereocenters. The fourth-order valence-electron chi connectivity index (χ4n) is 3.02. The lowest BCUT2D eigenvalue weighted by atomic mass is 10.1. The molecule has 3 nitrogen and oxygen atoms in total. The third-order valence-electron chi connectivity index (χ3n) is 4.41. The maximum atomic E-state index is 13.1. The van der Waals surface area contributed by atoms with E-state index in [9.17, 15) is 18.0 Å². The van der Waals surface area contributed by atoms with Crippen molar-refractivity contribution in [3.8, 4) is 0 Å². The molecule has 1 aliphatic rings. The fourth-order valence-corrected chi connectivity index (χ4v) is 3.49. The van der Waals surface area contributed by atoms with E-state index in [1.54, 1.807) is 18.2 Å². The summed E-state index contributed by atoms with van der Waals surface area (Å²) in [5.74, 6) is -0.550. The number of nitrogens with one attached hydrogen (secondary N) is 1. The number of rotatable bonds is 4. The molecule has 28 heavy (non-hydrogen) atoms. The van der Waals surface area contributed by atoms with Crippen LogP contribution in [0.15, 0.2) is 42.5 Å². The van der Waals surface area contributed by atoms with Gasteiger partial charge in [0.1, 0.15) is 0 Å². The topological polar surface area (TPSA) is 32.3 Å². The third kappa shape index (κ3) is 5.00. The monoisotopic (exact) mass is 428 g/mol. The van der Waals surface area contributed by atoms with Crippen molar-refractivity contribution in [2.24, 2.45) is 0 Å². The highest BCUT2D eigenvalue weighted by Crippen LogP contribution is 2.36. The van der Waals surface area contributed by atoms with Crippen LogP contribution in [0.2, 0.25) is 10.0 Å². The number of alkyl halides is 3. The molecular formula is C20H17Cl2F3N2O. The van der Waals surface area contributed by atoms with Gasteiger partial charge in [0.05, 0.1) is 16.9 Å². The standard InChI is InChI=1S/C20H17Cl2F3N2O/c21-15-6-3-13(16(22)12-15)4-8-19(28)26-17-11-14(20(23,24)25)5-7-18(17)27-9-1-2-10-27/h3-8,11-12H,1-2,9-10H2,(H,26,28). The van der Waals surface area contributed by atoms with Gasteiger partial charge in [-0.15, -0.1) is 0 Å². The van der Waals surface area contributed by atoms with Crippen LogP contribution in [0, 0.1) is 0 Å². The largest absolute Gasteiger partial charge is 0.416 e. The number of hydrogen-bond acceptors (Lipinski definition) is 2. The Balaban J connectivity index is 1.84. The van der Waals surface area contributed by atoms with E-state index in [2.05, 4.69) is 5.32 Å².